The SMILES string of the molecule is CC[C@H](C)NC(=O)NC(=O)C[NH+](C)Cc1ccc(OCc2ccccc2)c(OC)c1. The average Bonchev–Trinajstić information content (AvgIpc) is 2.72. The third-order valence-corrected chi connectivity index (χ3v) is 4.68. The van der Waals surface area contributed by atoms with Gasteiger partial charge in [0.2, 0.25) is 0 Å². The summed E-state index contributed by atoms with van der Waals surface area (Å²) in [6.07, 6.45) is 0.805. The Morgan fingerprint density at radius 2 is 1.80 bits per heavy atom. The van der Waals surface area contributed by atoms with Gasteiger partial charge in [-0.05, 0) is 37.1 Å². The molecule has 0 fully saturated rings. The molecule has 0 heterocycles. The molecule has 2 rings (SSSR count). The van der Waals surface area contributed by atoms with E-state index in [0.717, 1.165) is 22.4 Å². The van der Waals surface area contributed by atoms with E-state index in [1.54, 1.807) is 7.11 Å². The Labute approximate surface area is 178 Å². The number of hydrogen-bond acceptors (Lipinski definition) is 4. The van der Waals surface area contributed by atoms with Crippen molar-refractivity contribution in [2.24, 2.45) is 0 Å². The van der Waals surface area contributed by atoms with E-state index in [1.807, 2.05) is 69.4 Å². The first-order chi connectivity index (χ1) is 14.4. The van der Waals surface area contributed by atoms with Crippen LogP contribution in [0.5, 0.6) is 11.5 Å². The first-order valence-electron chi connectivity index (χ1n) is 10.2. The fourth-order valence-electron chi connectivity index (χ4n) is 2.89. The third kappa shape index (κ3) is 7.75. The Morgan fingerprint density at radius 1 is 1.07 bits per heavy atom. The van der Waals surface area contributed by atoms with E-state index >= 15 is 0 Å². The lowest BCUT2D eigenvalue weighted by atomic mass is 10.2. The summed E-state index contributed by atoms with van der Waals surface area (Å²) >= 11 is 0. The molecule has 3 amide bonds. The number of carbonyl (C=O) groups excluding carboxylic acids is 2. The smallest absolute Gasteiger partial charge is 0.321 e. The topological polar surface area (TPSA) is 81.1 Å². The van der Waals surface area contributed by atoms with Crippen LogP contribution in [0.15, 0.2) is 48.5 Å². The molecule has 3 N–H and O–H groups in total. The molecule has 0 aliphatic rings. The molecule has 0 bridgehead atoms. The fraction of sp³-hybridized carbons (Fsp3) is 0.391. The zero-order valence-electron chi connectivity index (χ0n) is 18.2. The van der Waals surface area contributed by atoms with E-state index < -0.39 is 6.03 Å². The molecule has 2 aromatic rings. The Bertz CT molecular complexity index is 826. The maximum Gasteiger partial charge on any atom is 0.321 e. The molecule has 0 aliphatic carbocycles. The van der Waals surface area contributed by atoms with Crippen molar-refractivity contribution in [3.05, 3.63) is 59.7 Å². The lowest BCUT2D eigenvalue weighted by molar-refractivity contribution is -0.885. The van der Waals surface area contributed by atoms with Crippen LogP contribution in [0.1, 0.15) is 31.4 Å². The molecule has 0 aliphatic heterocycles. The van der Waals surface area contributed by atoms with Crippen molar-refractivity contribution in [3.8, 4) is 11.5 Å². The summed E-state index contributed by atoms with van der Waals surface area (Å²) in [5.41, 5.74) is 2.09. The van der Waals surface area contributed by atoms with Gasteiger partial charge >= 0.3 is 6.03 Å². The van der Waals surface area contributed by atoms with Crippen molar-refractivity contribution >= 4 is 11.9 Å². The number of amides is 3. The van der Waals surface area contributed by atoms with Crippen LogP contribution in [-0.4, -0.2) is 38.7 Å². The van der Waals surface area contributed by atoms with Gasteiger partial charge in [-0.15, -0.1) is 0 Å². The second kappa shape index (κ2) is 11.8. The molecule has 0 aromatic heterocycles. The number of rotatable bonds is 10. The van der Waals surface area contributed by atoms with Crippen LogP contribution in [0.2, 0.25) is 0 Å². The van der Waals surface area contributed by atoms with Crippen LogP contribution < -0.4 is 25.0 Å². The van der Waals surface area contributed by atoms with Gasteiger partial charge in [-0.3, -0.25) is 10.1 Å². The number of hydrogen-bond donors (Lipinski definition) is 3. The van der Waals surface area contributed by atoms with Crippen LogP contribution in [0.3, 0.4) is 0 Å². The van der Waals surface area contributed by atoms with Crippen LogP contribution in [0, 0.1) is 0 Å². The largest absolute Gasteiger partial charge is 0.493 e. The lowest BCUT2D eigenvalue weighted by Crippen LogP contribution is -3.09. The van der Waals surface area contributed by atoms with Gasteiger partial charge in [0.1, 0.15) is 13.2 Å². The lowest BCUT2D eigenvalue weighted by Gasteiger charge is -2.16. The quantitative estimate of drug-likeness (QED) is 0.555. The van der Waals surface area contributed by atoms with Gasteiger partial charge in [-0.2, -0.15) is 0 Å². The van der Waals surface area contributed by atoms with Gasteiger partial charge in [0.05, 0.1) is 14.2 Å². The van der Waals surface area contributed by atoms with Crippen molar-refractivity contribution in [1.29, 1.82) is 0 Å². The number of imide groups is 1. The molecule has 162 valence electrons. The van der Waals surface area contributed by atoms with Crippen molar-refractivity contribution in [2.45, 2.75) is 39.5 Å². The van der Waals surface area contributed by atoms with Crippen LogP contribution in [-0.2, 0) is 17.9 Å². The predicted molar refractivity (Wildman–Crippen MR) is 116 cm³/mol. The minimum absolute atomic E-state index is 0.0259. The Hall–Kier alpha value is -3.06. The second-order valence-corrected chi connectivity index (χ2v) is 7.40. The molecular weight excluding hydrogens is 382 g/mol. The van der Waals surface area contributed by atoms with Crippen LogP contribution in [0.25, 0.3) is 0 Å². The van der Waals surface area contributed by atoms with Gasteiger partial charge in [-0.25, -0.2) is 4.79 Å². The minimum Gasteiger partial charge on any atom is -0.493 e. The van der Waals surface area contributed by atoms with Crippen LogP contribution >= 0.6 is 0 Å². The normalized spacial score (nSPS) is 12.5. The number of likely N-dealkylation sites (N-methyl/N-ethyl adjacent to an activating group) is 1. The van der Waals surface area contributed by atoms with Crippen molar-refractivity contribution in [2.75, 3.05) is 20.7 Å². The van der Waals surface area contributed by atoms with E-state index in [1.165, 1.54) is 0 Å². The molecule has 2 atom stereocenters. The number of benzene rings is 2. The van der Waals surface area contributed by atoms with E-state index in [-0.39, 0.29) is 18.5 Å². The average molecular weight is 415 g/mol. The Balaban J connectivity index is 1.88. The molecular formula is C23H32N3O4+. The molecule has 0 saturated carbocycles. The van der Waals surface area contributed by atoms with Crippen molar-refractivity contribution < 1.29 is 24.0 Å². The highest BCUT2D eigenvalue weighted by Crippen LogP contribution is 2.28. The maximum atomic E-state index is 12.1. The number of urea groups is 1. The summed E-state index contributed by atoms with van der Waals surface area (Å²) in [5, 5.41) is 5.09. The van der Waals surface area contributed by atoms with E-state index in [4.69, 9.17) is 9.47 Å². The zero-order chi connectivity index (χ0) is 21.9. The Kier molecular flexibility index (Phi) is 9.15. The van der Waals surface area contributed by atoms with Crippen molar-refractivity contribution in [3.63, 3.8) is 0 Å². The number of methoxy groups -OCH3 is 1. The number of nitrogens with one attached hydrogen (secondary N) is 3. The molecule has 1 unspecified atom stereocenters. The highest BCUT2D eigenvalue weighted by molar-refractivity contribution is 5.94. The fourth-order valence-corrected chi connectivity index (χ4v) is 2.89. The highest BCUT2D eigenvalue weighted by atomic mass is 16.5. The summed E-state index contributed by atoms with van der Waals surface area (Å²) in [6.45, 7) is 5.11. The minimum atomic E-state index is -0.455. The summed E-state index contributed by atoms with van der Waals surface area (Å²) in [7, 11) is 3.51. The third-order valence-electron chi connectivity index (χ3n) is 4.68. The first kappa shape index (κ1) is 23.2. The molecule has 7 nitrogen and oxygen atoms in total. The maximum absolute atomic E-state index is 12.1. The molecule has 30 heavy (non-hydrogen) atoms. The van der Waals surface area contributed by atoms with E-state index in [0.29, 0.717) is 24.7 Å². The van der Waals surface area contributed by atoms with Crippen LogP contribution in [0.4, 0.5) is 4.79 Å². The van der Waals surface area contributed by atoms with E-state index in [9.17, 15) is 9.59 Å². The molecule has 7 heteroatoms. The molecule has 2 aromatic carbocycles. The highest BCUT2D eigenvalue weighted by Gasteiger charge is 2.15. The zero-order valence-corrected chi connectivity index (χ0v) is 18.2. The number of ether oxygens (including phenoxy) is 2. The standard InChI is InChI=1S/C23H31N3O4/c1-5-17(2)24-23(28)25-22(27)15-26(3)14-19-11-12-20(21(13-19)29-4)30-16-18-9-7-6-8-10-18/h6-13,17H,5,14-16H2,1-4H3,(H2,24,25,27,28)/p+1/t17-/m0/s1. The summed E-state index contributed by atoms with van der Waals surface area (Å²) in [5.74, 6) is 0.999. The predicted octanol–water partition coefficient (Wildman–Crippen LogP) is 1.91. The Morgan fingerprint density at radius 3 is 2.47 bits per heavy atom. The van der Waals surface area contributed by atoms with Gasteiger partial charge < -0.3 is 19.7 Å². The first-order valence-corrected chi connectivity index (χ1v) is 10.2. The number of quaternary nitrogens is 1. The molecule has 0 radical (unpaired) electrons. The molecule has 0 saturated heterocycles. The van der Waals surface area contributed by atoms with Crippen molar-refractivity contribution in [1.82, 2.24) is 10.6 Å². The van der Waals surface area contributed by atoms with E-state index in [2.05, 4.69) is 10.6 Å². The van der Waals surface area contributed by atoms with Gasteiger partial charge in [0.25, 0.3) is 5.91 Å². The van der Waals surface area contributed by atoms with Gasteiger partial charge in [-0.1, -0.05) is 37.3 Å². The van der Waals surface area contributed by atoms with Gasteiger partial charge in [0, 0.05) is 11.6 Å². The summed E-state index contributed by atoms with van der Waals surface area (Å²) < 4.78 is 11.4. The monoisotopic (exact) mass is 414 g/mol. The second-order valence-electron chi connectivity index (χ2n) is 7.40. The summed E-state index contributed by atoms with van der Waals surface area (Å²) in [6, 6.07) is 15.3. The summed E-state index contributed by atoms with van der Waals surface area (Å²) in [4.78, 5) is 24.8. The number of carbonyl (C=O) groups is 2. The van der Waals surface area contributed by atoms with Gasteiger partial charge in [0.15, 0.2) is 18.0 Å². The molecule has 0 spiro atoms.